The van der Waals surface area contributed by atoms with E-state index in [1.54, 1.807) is 18.0 Å². The smallest absolute Gasteiger partial charge is 0.223 e. The van der Waals surface area contributed by atoms with Crippen LogP contribution in [-0.4, -0.2) is 16.5 Å². The summed E-state index contributed by atoms with van der Waals surface area (Å²) in [7, 11) is 0. The molecule has 0 aliphatic carbocycles. The molecule has 0 bridgehead atoms. The van der Waals surface area contributed by atoms with Gasteiger partial charge in [0.2, 0.25) is 5.95 Å². The topological polar surface area (TPSA) is 37.8 Å². The van der Waals surface area contributed by atoms with Crippen LogP contribution < -0.4 is 5.32 Å². The normalized spacial score (nSPS) is 10.5. The molecular weight excluding hydrogens is 278 g/mol. The van der Waals surface area contributed by atoms with Gasteiger partial charge in [0.1, 0.15) is 5.03 Å². The summed E-state index contributed by atoms with van der Waals surface area (Å²) in [6.45, 7) is 5.03. The Hall–Kier alpha value is -1.26. The van der Waals surface area contributed by atoms with Crippen LogP contribution in [0.1, 0.15) is 18.9 Å². The predicted octanol–water partition coefficient (Wildman–Crippen LogP) is 4.41. The van der Waals surface area contributed by atoms with Crippen LogP contribution in [0.15, 0.2) is 40.4 Å². The first-order valence-corrected chi connectivity index (χ1v) is 7.39. The third kappa shape index (κ3) is 4.11. The Morgan fingerprint density at radius 1 is 1.37 bits per heavy atom. The minimum Gasteiger partial charge on any atom is -0.354 e. The summed E-state index contributed by atoms with van der Waals surface area (Å²) in [5.74, 6) is 0.626. The monoisotopic (exact) mass is 293 g/mol. The van der Waals surface area contributed by atoms with Gasteiger partial charge in [-0.25, -0.2) is 9.97 Å². The number of nitrogens with one attached hydrogen (secondary N) is 1. The summed E-state index contributed by atoms with van der Waals surface area (Å²) in [5, 5.41) is 4.52. The molecule has 0 radical (unpaired) electrons. The van der Waals surface area contributed by atoms with Crippen LogP contribution in [0.5, 0.6) is 0 Å². The summed E-state index contributed by atoms with van der Waals surface area (Å²) < 4.78 is 0. The molecule has 3 nitrogen and oxygen atoms in total. The van der Waals surface area contributed by atoms with E-state index in [-0.39, 0.29) is 0 Å². The zero-order valence-electron chi connectivity index (χ0n) is 11.0. The summed E-state index contributed by atoms with van der Waals surface area (Å²) in [5.41, 5.74) is 1.22. The third-order valence-corrected chi connectivity index (χ3v) is 3.83. The number of halogens is 1. The quantitative estimate of drug-likeness (QED) is 0.829. The summed E-state index contributed by atoms with van der Waals surface area (Å²) in [4.78, 5) is 9.74. The minimum absolute atomic E-state index is 0.577. The van der Waals surface area contributed by atoms with Gasteiger partial charge in [0, 0.05) is 11.4 Å². The molecule has 0 saturated carbocycles. The Kier molecular flexibility index (Phi) is 5.05. The van der Waals surface area contributed by atoms with Crippen LogP contribution in [0.2, 0.25) is 5.02 Å². The maximum atomic E-state index is 6.15. The van der Waals surface area contributed by atoms with E-state index in [2.05, 4.69) is 47.3 Å². The van der Waals surface area contributed by atoms with E-state index in [1.807, 2.05) is 6.07 Å². The van der Waals surface area contributed by atoms with Crippen molar-refractivity contribution >= 4 is 29.3 Å². The van der Waals surface area contributed by atoms with Crippen LogP contribution in [0.4, 0.5) is 5.95 Å². The SMILES string of the molecule is CCCNc1ncc(Cl)c(Sc2cccc(C)c2)n1. The van der Waals surface area contributed by atoms with Crippen molar-refractivity contribution in [2.24, 2.45) is 0 Å². The number of hydrogen-bond donors (Lipinski definition) is 1. The Balaban J connectivity index is 2.19. The number of nitrogens with zero attached hydrogens (tertiary/aromatic N) is 2. The number of benzene rings is 1. The molecule has 1 aromatic carbocycles. The molecular formula is C14H16ClN3S. The molecule has 0 aliphatic heterocycles. The number of hydrogen-bond acceptors (Lipinski definition) is 4. The van der Waals surface area contributed by atoms with Gasteiger partial charge in [0.05, 0.1) is 11.2 Å². The Morgan fingerprint density at radius 3 is 2.95 bits per heavy atom. The third-order valence-electron chi connectivity index (χ3n) is 2.45. The molecule has 0 unspecified atom stereocenters. The van der Waals surface area contributed by atoms with Crippen LogP contribution in [0.25, 0.3) is 0 Å². The lowest BCUT2D eigenvalue weighted by Gasteiger charge is -2.07. The lowest BCUT2D eigenvalue weighted by molar-refractivity contribution is 0.935. The minimum atomic E-state index is 0.577. The van der Waals surface area contributed by atoms with E-state index >= 15 is 0 Å². The van der Waals surface area contributed by atoms with E-state index in [0.29, 0.717) is 11.0 Å². The first kappa shape index (κ1) is 14.2. The molecule has 2 aromatic rings. The van der Waals surface area contributed by atoms with Crippen LogP contribution in [0.3, 0.4) is 0 Å². The fourth-order valence-corrected chi connectivity index (χ4v) is 2.64. The summed E-state index contributed by atoms with van der Waals surface area (Å²) in [6, 6.07) is 8.26. The number of aromatic nitrogens is 2. The van der Waals surface area contributed by atoms with Gasteiger partial charge in [-0.05, 0) is 25.5 Å². The molecule has 19 heavy (non-hydrogen) atoms. The van der Waals surface area contributed by atoms with Gasteiger partial charge in [0.15, 0.2) is 0 Å². The van der Waals surface area contributed by atoms with Crippen LogP contribution >= 0.6 is 23.4 Å². The maximum absolute atomic E-state index is 6.15. The average Bonchev–Trinajstić information content (AvgIpc) is 2.40. The molecule has 0 aliphatic rings. The van der Waals surface area contributed by atoms with Crippen molar-refractivity contribution in [1.82, 2.24) is 9.97 Å². The molecule has 2 rings (SSSR count). The lowest BCUT2D eigenvalue weighted by atomic mass is 10.2. The second kappa shape index (κ2) is 6.78. The van der Waals surface area contributed by atoms with Crippen molar-refractivity contribution in [3.63, 3.8) is 0 Å². The van der Waals surface area contributed by atoms with Gasteiger partial charge in [-0.1, -0.05) is 48.0 Å². The molecule has 1 N–H and O–H groups in total. The van der Waals surface area contributed by atoms with Crippen LogP contribution in [0, 0.1) is 6.92 Å². The molecule has 1 aromatic heterocycles. The van der Waals surface area contributed by atoms with E-state index in [4.69, 9.17) is 11.6 Å². The summed E-state index contributed by atoms with van der Waals surface area (Å²) >= 11 is 7.70. The number of anilines is 1. The van der Waals surface area contributed by atoms with Crippen molar-refractivity contribution in [2.45, 2.75) is 30.2 Å². The number of rotatable bonds is 5. The molecule has 100 valence electrons. The number of aryl methyl sites for hydroxylation is 1. The molecule has 5 heteroatoms. The fraction of sp³-hybridized carbons (Fsp3) is 0.286. The molecule has 0 fully saturated rings. The van der Waals surface area contributed by atoms with Crippen LogP contribution in [-0.2, 0) is 0 Å². The highest BCUT2D eigenvalue weighted by molar-refractivity contribution is 7.99. The highest BCUT2D eigenvalue weighted by Crippen LogP contribution is 2.32. The Labute approximate surface area is 122 Å². The second-order valence-corrected chi connectivity index (χ2v) is 5.66. The standard InChI is InChI=1S/C14H16ClN3S/c1-3-7-16-14-17-9-12(15)13(18-14)19-11-6-4-5-10(2)8-11/h4-6,8-9H,3,7H2,1-2H3,(H,16,17,18). The van der Waals surface area contributed by atoms with Crippen molar-refractivity contribution < 1.29 is 0 Å². The lowest BCUT2D eigenvalue weighted by Crippen LogP contribution is -2.04. The van der Waals surface area contributed by atoms with Crippen molar-refractivity contribution in [2.75, 3.05) is 11.9 Å². The fourth-order valence-electron chi connectivity index (χ4n) is 1.54. The molecule has 0 atom stereocenters. The van der Waals surface area contributed by atoms with Crippen molar-refractivity contribution in [3.8, 4) is 0 Å². The molecule has 0 spiro atoms. The van der Waals surface area contributed by atoms with E-state index in [0.717, 1.165) is 22.9 Å². The zero-order chi connectivity index (χ0) is 13.7. The molecule has 0 saturated heterocycles. The average molecular weight is 294 g/mol. The molecule has 1 heterocycles. The largest absolute Gasteiger partial charge is 0.354 e. The van der Waals surface area contributed by atoms with E-state index in [9.17, 15) is 0 Å². The Bertz CT molecular complexity index is 560. The van der Waals surface area contributed by atoms with Gasteiger partial charge in [-0.15, -0.1) is 0 Å². The van der Waals surface area contributed by atoms with Gasteiger partial charge < -0.3 is 5.32 Å². The zero-order valence-corrected chi connectivity index (χ0v) is 12.6. The first-order chi connectivity index (χ1) is 9.19. The van der Waals surface area contributed by atoms with E-state index < -0.39 is 0 Å². The van der Waals surface area contributed by atoms with Gasteiger partial charge in [-0.3, -0.25) is 0 Å². The van der Waals surface area contributed by atoms with Gasteiger partial charge in [0.25, 0.3) is 0 Å². The second-order valence-electron chi connectivity index (χ2n) is 4.19. The highest BCUT2D eigenvalue weighted by atomic mass is 35.5. The van der Waals surface area contributed by atoms with Crippen molar-refractivity contribution in [3.05, 3.63) is 41.0 Å². The Morgan fingerprint density at radius 2 is 2.21 bits per heavy atom. The predicted molar refractivity (Wildman–Crippen MR) is 81.1 cm³/mol. The van der Waals surface area contributed by atoms with E-state index in [1.165, 1.54) is 5.56 Å². The van der Waals surface area contributed by atoms with Gasteiger partial charge >= 0.3 is 0 Å². The molecule has 0 amide bonds. The van der Waals surface area contributed by atoms with Gasteiger partial charge in [-0.2, -0.15) is 0 Å². The highest BCUT2D eigenvalue weighted by Gasteiger charge is 2.07. The first-order valence-electron chi connectivity index (χ1n) is 6.20. The maximum Gasteiger partial charge on any atom is 0.223 e. The van der Waals surface area contributed by atoms with Crippen molar-refractivity contribution in [1.29, 1.82) is 0 Å². The summed E-state index contributed by atoms with van der Waals surface area (Å²) in [6.07, 6.45) is 2.68.